The van der Waals surface area contributed by atoms with E-state index in [1.165, 1.54) is 22.3 Å². The van der Waals surface area contributed by atoms with E-state index in [0.29, 0.717) is 0 Å². The van der Waals surface area contributed by atoms with Crippen molar-refractivity contribution in [2.45, 2.75) is 13.8 Å². The van der Waals surface area contributed by atoms with Crippen molar-refractivity contribution >= 4 is 0 Å². The Bertz CT molecular complexity index is 1320. The summed E-state index contributed by atoms with van der Waals surface area (Å²) in [6, 6.07) is 35.7. The molecule has 0 aliphatic rings. The Morgan fingerprint density at radius 2 is 1.13 bits per heavy atom. The van der Waals surface area contributed by atoms with Crippen LogP contribution in [0.2, 0.25) is 0 Å². The highest BCUT2D eigenvalue weighted by Gasteiger charge is 2.18. The van der Waals surface area contributed by atoms with E-state index >= 15 is 0 Å². The summed E-state index contributed by atoms with van der Waals surface area (Å²) in [5.74, 6) is 1.69. The molecule has 0 spiro atoms. The third kappa shape index (κ3) is 3.66. The summed E-state index contributed by atoms with van der Waals surface area (Å²) < 4.78 is 2.15. The summed E-state index contributed by atoms with van der Waals surface area (Å²) in [7, 11) is 0. The van der Waals surface area contributed by atoms with E-state index in [1.807, 2.05) is 24.3 Å². The van der Waals surface area contributed by atoms with Crippen molar-refractivity contribution in [3.8, 4) is 39.6 Å². The highest BCUT2D eigenvalue weighted by molar-refractivity contribution is 5.71. The Labute approximate surface area is 182 Å². The van der Waals surface area contributed by atoms with Crippen molar-refractivity contribution in [3.63, 3.8) is 0 Å². The number of aromatic nitrogens is 3. The number of rotatable bonds is 4. The minimum absolute atomic E-state index is 0.834. The summed E-state index contributed by atoms with van der Waals surface area (Å²) in [6.07, 6.45) is 0. The maximum Gasteiger partial charge on any atom is 0.169 e. The van der Waals surface area contributed by atoms with Crippen molar-refractivity contribution < 1.29 is 0 Å². The van der Waals surface area contributed by atoms with Crippen molar-refractivity contribution in [3.05, 3.63) is 114 Å². The highest BCUT2D eigenvalue weighted by Crippen LogP contribution is 2.31. The number of hydrogen-bond donors (Lipinski definition) is 0. The molecule has 0 unspecified atom stereocenters. The minimum atomic E-state index is 0.834. The molecule has 5 rings (SSSR count). The molecule has 0 bridgehead atoms. The summed E-state index contributed by atoms with van der Waals surface area (Å²) in [6.45, 7) is 4.24. The van der Waals surface area contributed by atoms with Crippen LogP contribution in [0.25, 0.3) is 39.6 Å². The van der Waals surface area contributed by atoms with Gasteiger partial charge in [-0.25, -0.2) is 0 Å². The predicted octanol–water partition coefficient (Wildman–Crippen LogP) is 6.89. The van der Waals surface area contributed by atoms with Gasteiger partial charge in [-0.2, -0.15) is 0 Å². The Balaban J connectivity index is 1.65. The molecule has 0 fully saturated rings. The van der Waals surface area contributed by atoms with Crippen LogP contribution in [0.5, 0.6) is 0 Å². The van der Waals surface area contributed by atoms with Gasteiger partial charge < -0.3 is 0 Å². The lowest BCUT2D eigenvalue weighted by Crippen LogP contribution is -2.01. The van der Waals surface area contributed by atoms with Gasteiger partial charge in [0.15, 0.2) is 11.6 Å². The molecule has 0 amide bonds. The molecule has 1 aromatic heterocycles. The number of para-hydroxylation sites is 1. The largest absolute Gasteiger partial charge is 0.275 e. The summed E-state index contributed by atoms with van der Waals surface area (Å²) in [5.41, 5.74) is 7.99. The van der Waals surface area contributed by atoms with Crippen molar-refractivity contribution in [1.29, 1.82) is 0 Å². The molecule has 0 aliphatic heterocycles. The molecule has 4 aromatic carbocycles. The zero-order valence-corrected chi connectivity index (χ0v) is 17.7. The lowest BCUT2D eigenvalue weighted by Gasteiger charge is -2.13. The molecular formula is C28H23N3. The molecule has 1 heterocycles. The summed E-state index contributed by atoms with van der Waals surface area (Å²) in [5, 5.41) is 9.24. The van der Waals surface area contributed by atoms with E-state index in [2.05, 4.69) is 107 Å². The second kappa shape index (κ2) is 8.04. The molecule has 31 heavy (non-hydrogen) atoms. The van der Waals surface area contributed by atoms with Gasteiger partial charge in [-0.3, -0.25) is 4.57 Å². The number of benzene rings is 4. The van der Waals surface area contributed by atoms with Gasteiger partial charge in [0.25, 0.3) is 0 Å². The fourth-order valence-corrected chi connectivity index (χ4v) is 3.97. The first-order valence-corrected chi connectivity index (χ1v) is 10.4. The molecule has 3 nitrogen and oxygen atoms in total. The SMILES string of the molecule is Cc1ccc(-c2nnc(-c3ccc(-c4ccccc4)cc3)n2-c2ccccc2)c(C)c1. The van der Waals surface area contributed by atoms with Gasteiger partial charge in [0.2, 0.25) is 0 Å². The van der Waals surface area contributed by atoms with E-state index in [1.54, 1.807) is 0 Å². The standard InChI is InChI=1S/C28H23N3/c1-20-13-18-26(21(2)19-20)28-30-29-27(31(28)25-11-7-4-8-12-25)24-16-14-23(15-17-24)22-9-5-3-6-10-22/h3-19H,1-2H3. The number of hydrogen-bond acceptors (Lipinski definition) is 2. The fraction of sp³-hybridized carbons (Fsp3) is 0.0714. The molecule has 0 atom stereocenters. The number of nitrogens with zero attached hydrogens (tertiary/aromatic N) is 3. The first-order chi connectivity index (χ1) is 15.2. The molecular weight excluding hydrogens is 378 g/mol. The number of aryl methyl sites for hydroxylation is 2. The van der Waals surface area contributed by atoms with E-state index in [9.17, 15) is 0 Å². The molecule has 0 radical (unpaired) electrons. The van der Waals surface area contributed by atoms with Crippen LogP contribution in [0.4, 0.5) is 0 Å². The highest BCUT2D eigenvalue weighted by atomic mass is 15.3. The van der Waals surface area contributed by atoms with Crippen molar-refractivity contribution in [2.75, 3.05) is 0 Å². The average molecular weight is 402 g/mol. The normalized spacial score (nSPS) is 10.9. The van der Waals surface area contributed by atoms with Crippen LogP contribution in [0.3, 0.4) is 0 Å². The second-order valence-corrected chi connectivity index (χ2v) is 7.78. The van der Waals surface area contributed by atoms with Crippen molar-refractivity contribution in [2.24, 2.45) is 0 Å². The van der Waals surface area contributed by atoms with Gasteiger partial charge in [-0.1, -0.05) is 96.6 Å². The van der Waals surface area contributed by atoms with Crippen LogP contribution in [0.15, 0.2) is 103 Å². The van der Waals surface area contributed by atoms with Crippen LogP contribution in [-0.2, 0) is 0 Å². The molecule has 0 saturated heterocycles. The van der Waals surface area contributed by atoms with E-state index in [0.717, 1.165) is 28.5 Å². The molecule has 0 aliphatic carbocycles. The lowest BCUT2D eigenvalue weighted by atomic mass is 10.0. The zero-order chi connectivity index (χ0) is 21.2. The molecule has 5 aromatic rings. The first kappa shape index (κ1) is 19.0. The molecule has 150 valence electrons. The Kier molecular flexibility index (Phi) is 4.93. The van der Waals surface area contributed by atoms with Gasteiger partial charge in [-0.05, 0) is 42.7 Å². The molecule has 0 saturated carbocycles. The van der Waals surface area contributed by atoms with Gasteiger partial charge >= 0.3 is 0 Å². The predicted molar refractivity (Wildman–Crippen MR) is 127 cm³/mol. The molecule has 3 heteroatoms. The summed E-state index contributed by atoms with van der Waals surface area (Å²) in [4.78, 5) is 0. The zero-order valence-electron chi connectivity index (χ0n) is 17.7. The van der Waals surface area contributed by atoms with Crippen LogP contribution in [0, 0.1) is 13.8 Å². The monoisotopic (exact) mass is 401 g/mol. The third-order valence-corrected chi connectivity index (χ3v) is 5.55. The van der Waals surface area contributed by atoms with Crippen LogP contribution in [0.1, 0.15) is 11.1 Å². The van der Waals surface area contributed by atoms with Gasteiger partial charge in [0.05, 0.1) is 0 Å². The van der Waals surface area contributed by atoms with Gasteiger partial charge in [0, 0.05) is 16.8 Å². The fourth-order valence-electron chi connectivity index (χ4n) is 3.97. The topological polar surface area (TPSA) is 30.7 Å². The van der Waals surface area contributed by atoms with Gasteiger partial charge in [0.1, 0.15) is 0 Å². The quantitative estimate of drug-likeness (QED) is 0.328. The average Bonchev–Trinajstić information content (AvgIpc) is 3.25. The van der Waals surface area contributed by atoms with Crippen LogP contribution < -0.4 is 0 Å². The van der Waals surface area contributed by atoms with Crippen molar-refractivity contribution in [1.82, 2.24) is 14.8 Å². The minimum Gasteiger partial charge on any atom is -0.275 e. The molecule has 0 N–H and O–H groups in total. The Hall–Kier alpha value is -3.98. The second-order valence-electron chi connectivity index (χ2n) is 7.78. The smallest absolute Gasteiger partial charge is 0.169 e. The lowest BCUT2D eigenvalue weighted by molar-refractivity contribution is 1.07. The maximum absolute atomic E-state index is 4.62. The third-order valence-electron chi connectivity index (χ3n) is 5.55. The Morgan fingerprint density at radius 1 is 0.548 bits per heavy atom. The van der Waals surface area contributed by atoms with E-state index in [-0.39, 0.29) is 0 Å². The first-order valence-electron chi connectivity index (χ1n) is 10.4. The maximum atomic E-state index is 4.62. The van der Waals surface area contributed by atoms with Gasteiger partial charge in [-0.15, -0.1) is 10.2 Å². The summed E-state index contributed by atoms with van der Waals surface area (Å²) >= 11 is 0. The van der Waals surface area contributed by atoms with Crippen LogP contribution in [-0.4, -0.2) is 14.8 Å². The Morgan fingerprint density at radius 3 is 1.81 bits per heavy atom. The van der Waals surface area contributed by atoms with E-state index < -0.39 is 0 Å². The van der Waals surface area contributed by atoms with Crippen LogP contribution >= 0.6 is 0 Å². The van der Waals surface area contributed by atoms with E-state index in [4.69, 9.17) is 0 Å².